The Kier molecular flexibility index (Phi) is 11.6. The Balaban J connectivity index is 0.730. The highest BCUT2D eigenvalue weighted by atomic mass is 15.1. The lowest BCUT2D eigenvalue weighted by Crippen LogP contribution is -2.17. The first kappa shape index (κ1) is 47.7. The van der Waals surface area contributed by atoms with Crippen LogP contribution in [0, 0.1) is 17.9 Å². The summed E-state index contributed by atoms with van der Waals surface area (Å²) in [5.41, 5.74) is 22.1. The summed E-state index contributed by atoms with van der Waals surface area (Å²) in [4.78, 5) is 8.32. The van der Waals surface area contributed by atoms with E-state index in [-0.39, 0.29) is 10.8 Å². The second-order valence-electron chi connectivity index (χ2n) is 21.6. The normalized spacial score (nSPS) is 13.5. The summed E-state index contributed by atoms with van der Waals surface area (Å²) in [6.07, 6.45) is 8.87. The third-order valence-corrected chi connectivity index (χ3v) is 16.3. The molecule has 0 saturated carbocycles. The van der Waals surface area contributed by atoms with Crippen LogP contribution in [0.4, 0.5) is 39.8 Å². The quantitative estimate of drug-likeness (QED) is 0.101. The number of fused-ring (bicyclic) bond motifs is 8. The number of hydrogen-bond donors (Lipinski definition) is 0. The van der Waals surface area contributed by atoms with Crippen LogP contribution < -0.4 is 9.80 Å². The van der Waals surface area contributed by atoms with E-state index in [0.717, 1.165) is 45.3 Å². The van der Waals surface area contributed by atoms with Crippen molar-refractivity contribution in [3.05, 3.63) is 292 Å². The topological polar surface area (TPSA) is 34.6 Å². The molecule has 2 aliphatic carbocycles. The standard InChI is InChI=1S/C74H54N4/c1-73(2)67-44-51(30-40-63(67)65-42-38-59(46-69(65)73)77(57-34-28-53(48-75)29-35-57)71-18-10-14-54-12-6-8-16-61(54)71)26-24-49-20-22-50(23-21-49)25-27-52-31-41-64-66-43-39-60(47-70(66)74(3,4)68(64)45-52)78(58-36-32-56(76-5)33-37-58)72-19-11-15-55-13-7-9-17-62(55)72/h6-47H,1-4H3/b26-24+,27-25+. The Morgan fingerprint density at radius 2 is 0.744 bits per heavy atom. The highest BCUT2D eigenvalue weighted by Gasteiger charge is 2.38. The van der Waals surface area contributed by atoms with E-state index in [1.807, 2.05) is 36.4 Å². The molecule has 4 heteroatoms. The molecule has 0 spiro atoms. The third kappa shape index (κ3) is 8.24. The predicted molar refractivity (Wildman–Crippen MR) is 328 cm³/mol. The molecule has 0 N–H and O–H groups in total. The van der Waals surface area contributed by atoms with Crippen LogP contribution in [0.3, 0.4) is 0 Å². The maximum atomic E-state index is 9.61. The first-order valence-electron chi connectivity index (χ1n) is 26.6. The lowest BCUT2D eigenvalue weighted by molar-refractivity contribution is 0.660. The van der Waals surface area contributed by atoms with Crippen molar-refractivity contribution in [1.82, 2.24) is 0 Å². The molecule has 11 aromatic carbocycles. The molecule has 78 heavy (non-hydrogen) atoms. The molecule has 0 fully saturated rings. The lowest BCUT2D eigenvalue weighted by atomic mass is 9.81. The largest absolute Gasteiger partial charge is 0.310 e. The fourth-order valence-electron chi connectivity index (χ4n) is 12.1. The highest BCUT2D eigenvalue weighted by Crippen LogP contribution is 2.53. The third-order valence-electron chi connectivity index (χ3n) is 16.3. The van der Waals surface area contributed by atoms with Crippen molar-refractivity contribution in [2.45, 2.75) is 38.5 Å². The van der Waals surface area contributed by atoms with Gasteiger partial charge in [-0.3, -0.25) is 0 Å². The fraction of sp³-hybridized carbons (Fsp3) is 0.0811. The zero-order valence-corrected chi connectivity index (χ0v) is 44.0. The molecule has 0 saturated heterocycles. The number of hydrogen-bond acceptors (Lipinski definition) is 3. The van der Waals surface area contributed by atoms with Gasteiger partial charge >= 0.3 is 0 Å². The van der Waals surface area contributed by atoms with Gasteiger partial charge in [-0.25, -0.2) is 4.85 Å². The number of nitriles is 1. The molecule has 4 nitrogen and oxygen atoms in total. The minimum absolute atomic E-state index is 0.229. The first-order valence-corrected chi connectivity index (χ1v) is 26.6. The van der Waals surface area contributed by atoms with Crippen LogP contribution in [0.2, 0.25) is 0 Å². The molecule has 0 atom stereocenters. The molecule has 2 aliphatic rings. The van der Waals surface area contributed by atoms with Gasteiger partial charge in [-0.15, -0.1) is 0 Å². The molecule has 0 amide bonds. The van der Waals surface area contributed by atoms with Crippen molar-refractivity contribution < 1.29 is 0 Å². The Morgan fingerprint density at radius 3 is 1.18 bits per heavy atom. The van der Waals surface area contributed by atoms with Crippen molar-refractivity contribution in [3.8, 4) is 28.3 Å². The SMILES string of the molecule is [C-]#[N+]c1ccc(N(c2ccc3c(c2)C(C)(C)c2cc(/C=C/c4ccc(/C=C/c5ccc6c(c5)C(C)(C)c5cc(N(c7ccc(C#N)cc7)c7cccc8ccccc78)ccc5-6)cc4)ccc2-3)c2cccc3ccccc23)cc1. The van der Waals surface area contributed by atoms with Crippen LogP contribution in [0.15, 0.2) is 231 Å². The Bertz CT molecular complexity index is 4040. The van der Waals surface area contributed by atoms with Crippen LogP contribution in [0.25, 0.3) is 72.9 Å². The minimum Gasteiger partial charge on any atom is -0.310 e. The summed E-state index contributed by atoms with van der Waals surface area (Å²) in [5.74, 6) is 0. The second kappa shape index (κ2) is 19.0. The van der Waals surface area contributed by atoms with E-state index in [1.165, 1.54) is 77.2 Å². The van der Waals surface area contributed by atoms with E-state index >= 15 is 0 Å². The molecule has 0 heterocycles. The van der Waals surface area contributed by atoms with E-state index in [2.05, 4.69) is 267 Å². The van der Waals surface area contributed by atoms with Gasteiger partial charge in [-0.05, 0) is 150 Å². The maximum Gasteiger partial charge on any atom is 0.187 e. The number of rotatable bonds is 10. The lowest BCUT2D eigenvalue weighted by Gasteiger charge is -2.29. The van der Waals surface area contributed by atoms with E-state index in [9.17, 15) is 5.26 Å². The van der Waals surface area contributed by atoms with Crippen LogP contribution in [-0.4, -0.2) is 0 Å². The van der Waals surface area contributed by atoms with Gasteiger partial charge in [0.25, 0.3) is 0 Å². The summed E-state index contributed by atoms with van der Waals surface area (Å²) in [6, 6.07) is 84.4. The van der Waals surface area contributed by atoms with E-state index in [0.29, 0.717) is 11.3 Å². The average Bonchev–Trinajstić information content (AvgIpc) is 3.87. The molecule has 11 aromatic rings. The Hall–Kier alpha value is -10.0. The van der Waals surface area contributed by atoms with E-state index in [4.69, 9.17) is 6.57 Å². The molecular weight excluding hydrogens is 945 g/mol. The van der Waals surface area contributed by atoms with E-state index in [1.54, 1.807) is 0 Å². The molecule has 0 unspecified atom stereocenters. The van der Waals surface area contributed by atoms with Crippen LogP contribution in [0.5, 0.6) is 0 Å². The van der Waals surface area contributed by atoms with Gasteiger partial charge in [0.2, 0.25) is 0 Å². The van der Waals surface area contributed by atoms with Crippen molar-refractivity contribution in [2.24, 2.45) is 0 Å². The summed E-state index contributed by atoms with van der Waals surface area (Å²) >= 11 is 0. The number of benzene rings is 11. The van der Waals surface area contributed by atoms with E-state index < -0.39 is 0 Å². The molecule has 0 bridgehead atoms. The molecular formula is C74H54N4. The summed E-state index contributed by atoms with van der Waals surface area (Å²) in [6.45, 7) is 16.9. The van der Waals surface area contributed by atoms with Crippen LogP contribution in [-0.2, 0) is 10.8 Å². The summed E-state index contributed by atoms with van der Waals surface area (Å²) < 4.78 is 0. The van der Waals surface area contributed by atoms with Crippen molar-refractivity contribution in [3.63, 3.8) is 0 Å². The van der Waals surface area contributed by atoms with Crippen molar-refractivity contribution in [1.29, 1.82) is 5.26 Å². The Morgan fingerprint density at radius 1 is 0.385 bits per heavy atom. The van der Waals surface area contributed by atoms with Gasteiger partial charge < -0.3 is 9.80 Å². The van der Waals surface area contributed by atoms with Crippen LogP contribution >= 0.6 is 0 Å². The van der Waals surface area contributed by atoms with Crippen molar-refractivity contribution in [2.75, 3.05) is 9.80 Å². The highest BCUT2D eigenvalue weighted by molar-refractivity contribution is 6.01. The zero-order valence-electron chi connectivity index (χ0n) is 44.0. The molecule has 0 aliphatic heterocycles. The van der Waals surface area contributed by atoms with Gasteiger partial charge in [-0.2, -0.15) is 5.26 Å². The van der Waals surface area contributed by atoms with Gasteiger partial charge in [0.15, 0.2) is 5.69 Å². The van der Waals surface area contributed by atoms with Gasteiger partial charge in [0.05, 0.1) is 29.6 Å². The van der Waals surface area contributed by atoms with Gasteiger partial charge in [0.1, 0.15) is 0 Å². The molecule has 370 valence electrons. The first-order chi connectivity index (χ1) is 38.0. The van der Waals surface area contributed by atoms with Gasteiger partial charge in [0, 0.05) is 44.4 Å². The second-order valence-corrected chi connectivity index (χ2v) is 21.6. The zero-order chi connectivity index (χ0) is 53.1. The molecule has 0 aromatic heterocycles. The predicted octanol–water partition coefficient (Wildman–Crippen LogP) is 20.3. The molecule has 13 rings (SSSR count). The summed E-state index contributed by atoms with van der Waals surface area (Å²) in [7, 11) is 0. The number of anilines is 6. The monoisotopic (exact) mass is 998 g/mol. The Labute approximate surface area is 457 Å². The fourth-order valence-corrected chi connectivity index (χ4v) is 12.1. The van der Waals surface area contributed by atoms with Gasteiger partial charge in [-0.1, -0.05) is 210 Å². The number of nitrogens with zero attached hydrogens (tertiary/aromatic N) is 4. The maximum absolute atomic E-state index is 9.61. The average molecular weight is 999 g/mol. The van der Waals surface area contributed by atoms with Crippen molar-refractivity contribution >= 4 is 85.7 Å². The molecule has 0 radical (unpaired) electrons. The summed E-state index contributed by atoms with van der Waals surface area (Å²) in [5, 5.41) is 14.3. The smallest absolute Gasteiger partial charge is 0.187 e. The minimum atomic E-state index is -0.231. The van der Waals surface area contributed by atoms with Crippen LogP contribution in [0.1, 0.15) is 77.8 Å².